The molecule has 0 aromatic carbocycles. The van der Waals surface area contributed by atoms with Gasteiger partial charge in [-0.2, -0.15) is 0 Å². The van der Waals surface area contributed by atoms with Crippen LogP contribution in [0.4, 0.5) is 0 Å². The van der Waals surface area contributed by atoms with Gasteiger partial charge >= 0.3 is 0 Å². The number of nitrogens with one attached hydrogen (secondary N) is 1. The molecule has 0 heterocycles. The van der Waals surface area contributed by atoms with E-state index in [4.69, 9.17) is 4.74 Å². The van der Waals surface area contributed by atoms with Gasteiger partial charge in [-0.05, 0) is 31.1 Å². The van der Waals surface area contributed by atoms with Crippen LogP contribution >= 0.6 is 0 Å². The topological polar surface area (TPSA) is 55.4 Å². The molecule has 0 bridgehead atoms. The van der Waals surface area contributed by atoms with Crippen molar-refractivity contribution in [1.82, 2.24) is 4.72 Å². The summed E-state index contributed by atoms with van der Waals surface area (Å²) in [5, 5.41) is 0. The lowest BCUT2D eigenvalue weighted by atomic mass is 9.75. The molecule has 0 aromatic heterocycles. The molecule has 4 nitrogen and oxygen atoms in total. The lowest BCUT2D eigenvalue weighted by Gasteiger charge is -2.36. The summed E-state index contributed by atoms with van der Waals surface area (Å²) in [5.74, 6) is 0. The van der Waals surface area contributed by atoms with Gasteiger partial charge in [-0.25, -0.2) is 13.1 Å². The van der Waals surface area contributed by atoms with E-state index in [9.17, 15) is 8.42 Å². The Bertz CT molecular complexity index is 292. The summed E-state index contributed by atoms with van der Waals surface area (Å²) >= 11 is 0. The van der Waals surface area contributed by atoms with Crippen molar-refractivity contribution < 1.29 is 13.2 Å². The quantitative estimate of drug-likeness (QED) is 0.794. The highest BCUT2D eigenvalue weighted by Gasteiger charge is 2.31. The van der Waals surface area contributed by atoms with Gasteiger partial charge in [-0.3, -0.25) is 0 Å². The summed E-state index contributed by atoms with van der Waals surface area (Å²) in [6.07, 6.45) is 5.66. The molecule has 0 spiro atoms. The summed E-state index contributed by atoms with van der Waals surface area (Å²) in [7, 11) is -1.32. The van der Waals surface area contributed by atoms with E-state index in [1.165, 1.54) is 6.26 Å². The van der Waals surface area contributed by atoms with Gasteiger partial charge in [0.1, 0.15) is 0 Å². The highest BCUT2D eigenvalue weighted by molar-refractivity contribution is 7.88. The highest BCUT2D eigenvalue weighted by Crippen LogP contribution is 2.36. The van der Waals surface area contributed by atoms with Gasteiger partial charge in [0, 0.05) is 13.7 Å². The molecule has 1 saturated carbocycles. The van der Waals surface area contributed by atoms with Gasteiger partial charge < -0.3 is 4.74 Å². The van der Waals surface area contributed by atoms with E-state index in [-0.39, 0.29) is 5.41 Å². The highest BCUT2D eigenvalue weighted by atomic mass is 32.2. The predicted octanol–water partition coefficient (Wildman–Crippen LogP) is 1.13. The number of methoxy groups -OCH3 is 1. The maximum absolute atomic E-state index is 11.0. The second-order valence-corrected chi connectivity index (χ2v) is 6.67. The number of hydrogen-bond acceptors (Lipinski definition) is 3. The molecule has 0 saturated heterocycles. The fourth-order valence-corrected chi connectivity index (χ4v) is 2.62. The Labute approximate surface area is 92.4 Å². The molecule has 0 unspecified atom stereocenters. The average Bonchev–Trinajstić information content (AvgIpc) is 2.16. The van der Waals surface area contributed by atoms with Gasteiger partial charge in [0.05, 0.1) is 12.4 Å². The minimum atomic E-state index is -3.06. The molecular formula is C10H21NO3S. The molecule has 5 heteroatoms. The molecule has 0 aliphatic heterocycles. The van der Waals surface area contributed by atoms with Crippen LogP contribution in [-0.2, 0) is 14.8 Å². The van der Waals surface area contributed by atoms with Crippen LogP contribution in [0.15, 0.2) is 0 Å². The standard InChI is InChI=1S/C10H21NO3S/c1-10(8-11-15(3,12)13)6-4-9(14-2)5-7-10/h9,11H,4-8H2,1-3H3. The van der Waals surface area contributed by atoms with Gasteiger partial charge in [0.25, 0.3) is 0 Å². The van der Waals surface area contributed by atoms with Crippen molar-refractivity contribution in [3.8, 4) is 0 Å². The van der Waals surface area contributed by atoms with Gasteiger partial charge in [-0.15, -0.1) is 0 Å². The first-order chi connectivity index (χ1) is 6.85. The van der Waals surface area contributed by atoms with Gasteiger partial charge in [0.15, 0.2) is 0 Å². The lowest BCUT2D eigenvalue weighted by Crippen LogP contribution is -2.38. The van der Waals surface area contributed by atoms with Crippen LogP contribution in [0.1, 0.15) is 32.6 Å². The van der Waals surface area contributed by atoms with Crippen LogP contribution in [-0.4, -0.2) is 34.4 Å². The molecule has 90 valence electrons. The maximum atomic E-state index is 11.0. The number of hydrogen-bond donors (Lipinski definition) is 1. The predicted molar refractivity (Wildman–Crippen MR) is 60.2 cm³/mol. The summed E-state index contributed by atoms with van der Waals surface area (Å²) in [5.41, 5.74) is 0.0953. The van der Waals surface area contributed by atoms with Crippen LogP contribution in [0.2, 0.25) is 0 Å². The van der Waals surface area contributed by atoms with E-state index in [1.807, 2.05) is 0 Å². The van der Waals surface area contributed by atoms with Gasteiger partial charge in [0.2, 0.25) is 10.0 Å². The van der Waals surface area contributed by atoms with Crippen LogP contribution in [0.25, 0.3) is 0 Å². The van der Waals surface area contributed by atoms with Crippen LogP contribution in [0.3, 0.4) is 0 Å². The Kier molecular flexibility index (Phi) is 4.14. The molecule has 1 aliphatic carbocycles. The van der Waals surface area contributed by atoms with Crippen LogP contribution in [0.5, 0.6) is 0 Å². The molecular weight excluding hydrogens is 214 g/mol. The SMILES string of the molecule is COC1CCC(C)(CNS(C)(=O)=O)CC1. The van der Waals surface area contributed by atoms with Crippen molar-refractivity contribution in [3.63, 3.8) is 0 Å². The zero-order valence-electron chi connectivity index (χ0n) is 9.75. The third-order valence-electron chi connectivity index (χ3n) is 3.23. The van der Waals surface area contributed by atoms with E-state index >= 15 is 0 Å². The van der Waals surface area contributed by atoms with Crippen molar-refractivity contribution in [2.24, 2.45) is 5.41 Å². The smallest absolute Gasteiger partial charge is 0.208 e. The molecule has 0 atom stereocenters. The molecule has 0 aromatic rings. The summed E-state index contributed by atoms with van der Waals surface area (Å²) in [4.78, 5) is 0. The minimum Gasteiger partial charge on any atom is -0.381 e. The Morgan fingerprint density at radius 2 is 1.93 bits per heavy atom. The molecule has 0 radical (unpaired) electrons. The molecule has 0 amide bonds. The van der Waals surface area contributed by atoms with E-state index < -0.39 is 10.0 Å². The first kappa shape index (κ1) is 12.9. The van der Waals surface area contributed by atoms with Crippen molar-refractivity contribution >= 4 is 10.0 Å². The fourth-order valence-electron chi connectivity index (χ4n) is 2.01. The summed E-state index contributed by atoms with van der Waals surface area (Å²) in [6.45, 7) is 2.68. The zero-order chi connectivity index (χ0) is 11.5. The zero-order valence-corrected chi connectivity index (χ0v) is 10.6. The van der Waals surface area contributed by atoms with E-state index in [0.717, 1.165) is 25.7 Å². The normalized spacial score (nSPS) is 32.9. The third-order valence-corrected chi connectivity index (χ3v) is 3.90. The van der Waals surface area contributed by atoms with Crippen molar-refractivity contribution in [2.75, 3.05) is 19.9 Å². The number of sulfonamides is 1. The largest absolute Gasteiger partial charge is 0.381 e. The molecule has 1 N–H and O–H groups in total. The lowest BCUT2D eigenvalue weighted by molar-refractivity contribution is 0.0341. The van der Waals surface area contributed by atoms with Crippen LogP contribution < -0.4 is 4.72 Å². The monoisotopic (exact) mass is 235 g/mol. The van der Waals surface area contributed by atoms with Crippen molar-refractivity contribution in [3.05, 3.63) is 0 Å². The first-order valence-corrected chi connectivity index (χ1v) is 7.21. The Balaban J connectivity index is 2.42. The van der Waals surface area contributed by atoms with E-state index in [0.29, 0.717) is 12.6 Å². The minimum absolute atomic E-state index is 0.0953. The number of ether oxygens (including phenoxy) is 1. The van der Waals surface area contributed by atoms with E-state index in [2.05, 4.69) is 11.6 Å². The van der Waals surface area contributed by atoms with E-state index in [1.54, 1.807) is 7.11 Å². The molecule has 1 fully saturated rings. The van der Waals surface area contributed by atoms with Crippen LogP contribution in [0, 0.1) is 5.41 Å². The summed E-state index contributed by atoms with van der Waals surface area (Å²) < 4.78 is 29.9. The van der Waals surface area contributed by atoms with Crippen molar-refractivity contribution in [1.29, 1.82) is 0 Å². The number of rotatable bonds is 4. The average molecular weight is 235 g/mol. The molecule has 1 aliphatic rings. The molecule has 15 heavy (non-hydrogen) atoms. The second kappa shape index (κ2) is 4.80. The summed E-state index contributed by atoms with van der Waals surface area (Å²) in [6, 6.07) is 0. The first-order valence-electron chi connectivity index (χ1n) is 5.32. The Morgan fingerprint density at radius 3 is 2.33 bits per heavy atom. The van der Waals surface area contributed by atoms with Gasteiger partial charge in [-0.1, -0.05) is 6.92 Å². The van der Waals surface area contributed by atoms with Crippen molar-refractivity contribution in [2.45, 2.75) is 38.7 Å². The molecule has 1 rings (SSSR count). The maximum Gasteiger partial charge on any atom is 0.208 e. The Morgan fingerprint density at radius 1 is 1.40 bits per heavy atom. The Hall–Kier alpha value is -0.130. The third kappa shape index (κ3) is 4.49. The second-order valence-electron chi connectivity index (χ2n) is 4.84. The fraction of sp³-hybridized carbons (Fsp3) is 1.00.